The number of guanidine groups is 1. The molecule has 2 N–H and O–H groups in total. The van der Waals surface area contributed by atoms with Crippen molar-refractivity contribution in [3.63, 3.8) is 0 Å². The number of rotatable bonds is 8. The van der Waals surface area contributed by atoms with E-state index in [0.29, 0.717) is 12.0 Å². The van der Waals surface area contributed by atoms with E-state index in [-0.39, 0.29) is 24.0 Å². The molecule has 2 fully saturated rings. The molecule has 0 spiro atoms. The summed E-state index contributed by atoms with van der Waals surface area (Å²) in [6, 6.07) is 11.3. The van der Waals surface area contributed by atoms with Gasteiger partial charge in [-0.3, -0.25) is 9.89 Å². The zero-order chi connectivity index (χ0) is 21.2. The van der Waals surface area contributed by atoms with Crippen molar-refractivity contribution in [2.45, 2.75) is 39.3 Å². The highest BCUT2D eigenvalue weighted by atomic mass is 127. The lowest BCUT2D eigenvalue weighted by Gasteiger charge is -2.35. The van der Waals surface area contributed by atoms with Crippen molar-refractivity contribution in [3.8, 4) is 0 Å². The summed E-state index contributed by atoms with van der Waals surface area (Å²) in [6.45, 7) is 16.1. The fraction of sp³-hybridized carbons (Fsp3) is 0.708. The highest BCUT2D eigenvalue weighted by Gasteiger charge is 2.21. The molecule has 7 heteroatoms. The molecule has 1 aromatic rings. The second-order valence-corrected chi connectivity index (χ2v) is 8.97. The molecule has 0 radical (unpaired) electrons. The Hall–Kier alpha value is -0.900. The maximum atomic E-state index is 4.47. The van der Waals surface area contributed by atoms with Crippen molar-refractivity contribution in [1.29, 1.82) is 0 Å². The molecule has 6 nitrogen and oxygen atoms in total. The molecular weight excluding hydrogens is 499 g/mol. The van der Waals surface area contributed by atoms with Gasteiger partial charge in [0.25, 0.3) is 0 Å². The first-order chi connectivity index (χ1) is 14.7. The molecule has 0 saturated carbocycles. The Morgan fingerprint density at radius 1 is 1.00 bits per heavy atom. The minimum Gasteiger partial charge on any atom is -0.356 e. The lowest BCUT2D eigenvalue weighted by atomic mass is 10.0. The Kier molecular flexibility index (Phi) is 12.1. The quantitative estimate of drug-likeness (QED) is 0.301. The van der Waals surface area contributed by atoms with E-state index in [1.165, 1.54) is 57.7 Å². The van der Waals surface area contributed by atoms with Crippen molar-refractivity contribution in [2.75, 3.05) is 66.0 Å². The normalized spacial score (nSPS) is 20.8. The summed E-state index contributed by atoms with van der Waals surface area (Å²) < 4.78 is 0. The smallest absolute Gasteiger partial charge is 0.191 e. The molecule has 1 atom stereocenters. The number of nitrogens with zero attached hydrogens (tertiary/aromatic N) is 4. The van der Waals surface area contributed by atoms with Crippen LogP contribution in [0, 0.1) is 5.92 Å². The van der Waals surface area contributed by atoms with Gasteiger partial charge in [0.05, 0.1) is 0 Å². The summed E-state index contributed by atoms with van der Waals surface area (Å²) >= 11 is 0. The summed E-state index contributed by atoms with van der Waals surface area (Å²) in [6.07, 6.45) is 2.34. The summed E-state index contributed by atoms with van der Waals surface area (Å²) in [4.78, 5) is 12.2. The highest BCUT2D eigenvalue weighted by molar-refractivity contribution is 14.0. The topological polar surface area (TPSA) is 46.1 Å². The van der Waals surface area contributed by atoms with Crippen LogP contribution in [-0.2, 0) is 6.54 Å². The average molecular weight is 543 g/mol. The van der Waals surface area contributed by atoms with E-state index < -0.39 is 0 Å². The number of nitrogens with one attached hydrogen (secondary N) is 2. The maximum absolute atomic E-state index is 4.47. The Balaban J connectivity index is 0.00000341. The van der Waals surface area contributed by atoms with E-state index >= 15 is 0 Å². The molecule has 1 unspecified atom stereocenters. The second-order valence-electron chi connectivity index (χ2n) is 8.97. The van der Waals surface area contributed by atoms with Gasteiger partial charge in [-0.05, 0) is 30.9 Å². The summed E-state index contributed by atoms with van der Waals surface area (Å²) in [5, 5.41) is 7.22. The monoisotopic (exact) mass is 542 g/mol. The molecule has 0 bridgehead atoms. The number of hydrogen-bond donors (Lipinski definition) is 2. The SMILES string of the molecule is CCN1CCN(CC(C)CNC(=NC)NC2CCN(Cc3ccccc3)CC2)CC1.I. The van der Waals surface area contributed by atoms with Crippen LogP contribution in [0.5, 0.6) is 0 Å². The molecule has 2 aliphatic heterocycles. The summed E-state index contributed by atoms with van der Waals surface area (Å²) in [7, 11) is 1.88. The predicted octanol–water partition coefficient (Wildman–Crippen LogP) is 2.71. The molecular formula is C24H43IN6. The number of benzene rings is 1. The van der Waals surface area contributed by atoms with Crippen molar-refractivity contribution >= 4 is 29.9 Å². The number of likely N-dealkylation sites (N-methyl/N-ethyl adjacent to an activating group) is 1. The first-order valence-electron chi connectivity index (χ1n) is 11.8. The third kappa shape index (κ3) is 9.24. The predicted molar refractivity (Wildman–Crippen MR) is 142 cm³/mol. The Morgan fingerprint density at radius 3 is 2.26 bits per heavy atom. The Morgan fingerprint density at radius 2 is 1.65 bits per heavy atom. The molecule has 2 aliphatic rings. The third-order valence-electron chi connectivity index (χ3n) is 6.50. The lowest BCUT2D eigenvalue weighted by Crippen LogP contribution is -2.50. The first kappa shape index (κ1) is 26.4. The van der Waals surface area contributed by atoms with Gasteiger partial charge in [-0.15, -0.1) is 24.0 Å². The average Bonchev–Trinajstić information content (AvgIpc) is 2.79. The van der Waals surface area contributed by atoms with Crippen molar-refractivity contribution < 1.29 is 0 Å². The number of hydrogen-bond acceptors (Lipinski definition) is 4. The van der Waals surface area contributed by atoms with E-state index in [1.54, 1.807) is 0 Å². The fourth-order valence-electron chi connectivity index (χ4n) is 4.53. The van der Waals surface area contributed by atoms with Gasteiger partial charge in [0.15, 0.2) is 5.96 Å². The molecule has 3 rings (SSSR count). The van der Waals surface area contributed by atoms with Crippen LogP contribution in [0.1, 0.15) is 32.3 Å². The molecule has 1 aromatic carbocycles. The van der Waals surface area contributed by atoms with E-state index in [9.17, 15) is 0 Å². The molecule has 0 aliphatic carbocycles. The van der Waals surface area contributed by atoms with Gasteiger partial charge in [0.2, 0.25) is 0 Å². The molecule has 176 valence electrons. The highest BCUT2D eigenvalue weighted by Crippen LogP contribution is 2.14. The zero-order valence-electron chi connectivity index (χ0n) is 19.7. The summed E-state index contributed by atoms with van der Waals surface area (Å²) in [5.41, 5.74) is 1.41. The van der Waals surface area contributed by atoms with E-state index in [2.05, 4.69) is 74.5 Å². The third-order valence-corrected chi connectivity index (χ3v) is 6.50. The molecule has 0 amide bonds. The van der Waals surface area contributed by atoms with Gasteiger partial charge in [-0.2, -0.15) is 0 Å². The maximum Gasteiger partial charge on any atom is 0.191 e. The number of aliphatic imine (C=N–C) groups is 1. The molecule has 2 saturated heterocycles. The van der Waals surface area contributed by atoms with Gasteiger partial charge in [-0.25, -0.2) is 0 Å². The van der Waals surface area contributed by atoms with Crippen LogP contribution in [0.3, 0.4) is 0 Å². The van der Waals surface area contributed by atoms with Gasteiger partial charge in [-0.1, -0.05) is 44.2 Å². The molecule has 0 aromatic heterocycles. The van der Waals surface area contributed by atoms with Crippen LogP contribution in [0.15, 0.2) is 35.3 Å². The second kappa shape index (κ2) is 14.3. The van der Waals surface area contributed by atoms with Crippen LogP contribution in [0.25, 0.3) is 0 Å². The first-order valence-corrected chi connectivity index (χ1v) is 11.8. The van der Waals surface area contributed by atoms with Crippen molar-refractivity contribution in [2.24, 2.45) is 10.9 Å². The minimum absolute atomic E-state index is 0. The van der Waals surface area contributed by atoms with Crippen molar-refractivity contribution in [1.82, 2.24) is 25.3 Å². The number of likely N-dealkylation sites (tertiary alicyclic amines) is 1. The van der Waals surface area contributed by atoms with Gasteiger partial charge < -0.3 is 20.4 Å². The van der Waals surface area contributed by atoms with E-state index in [1.807, 2.05) is 7.05 Å². The molecule has 2 heterocycles. The van der Waals surface area contributed by atoms with Gasteiger partial charge >= 0.3 is 0 Å². The van der Waals surface area contributed by atoms with Crippen molar-refractivity contribution in [3.05, 3.63) is 35.9 Å². The van der Waals surface area contributed by atoms with Gasteiger partial charge in [0.1, 0.15) is 0 Å². The summed E-state index contributed by atoms with van der Waals surface area (Å²) in [5.74, 6) is 1.57. The van der Waals surface area contributed by atoms with Crippen LogP contribution >= 0.6 is 24.0 Å². The minimum atomic E-state index is 0. The Bertz CT molecular complexity index is 624. The van der Waals surface area contributed by atoms with E-state index in [4.69, 9.17) is 0 Å². The number of piperidine rings is 1. The number of halogens is 1. The van der Waals surface area contributed by atoms with Crippen LogP contribution in [0.2, 0.25) is 0 Å². The zero-order valence-corrected chi connectivity index (χ0v) is 22.1. The van der Waals surface area contributed by atoms with Crippen LogP contribution < -0.4 is 10.6 Å². The van der Waals surface area contributed by atoms with Gasteiger partial charge in [0, 0.05) is 72.0 Å². The largest absolute Gasteiger partial charge is 0.356 e. The number of piperazine rings is 1. The molecule has 31 heavy (non-hydrogen) atoms. The standard InChI is InChI=1S/C24H42N6.HI/c1-4-28-14-16-30(17-15-28)19-21(2)18-26-24(25-3)27-23-10-12-29(13-11-23)20-22-8-6-5-7-9-22;/h5-9,21,23H,4,10-20H2,1-3H3,(H2,25,26,27);1H. The van der Waals surface area contributed by atoms with Crippen LogP contribution in [-0.4, -0.2) is 92.7 Å². The lowest BCUT2D eigenvalue weighted by molar-refractivity contribution is 0.124. The Labute approximate surface area is 206 Å². The van der Waals surface area contributed by atoms with E-state index in [0.717, 1.165) is 32.1 Å². The fourth-order valence-corrected chi connectivity index (χ4v) is 4.53. The van der Waals surface area contributed by atoms with Crippen LogP contribution in [0.4, 0.5) is 0 Å².